The quantitative estimate of drug-likeness (QED) is 0.863. The minimum absolute atomic E-state index is 0.0168. The maximum atomic E-state index is 10.9. The van der Waals surface area contributed by atoms with E-state index in [0.29, 0.717) is 0 Å². The molecule has 0 amide bonds. The van der Waals surface area contributed by atoms with Gasteiger partial charge < -0.3 is 5.11 Å². The predicted octanol–water partition coefficient (Wildman–Crippen LogP) is 1.84. The highest BCUT2D eigenvalue weighted by atomic mass is 79.9. The molecule has 0 aromatic carbocycles. The number of carboxylic acid groups (broad SMARTS) is 1. The van der Waals surface area contributed by atoms with E-state index in [1.54, 1.807) is 0 Å². The van der Waals surface area contributed by atoms with Crippen LogP contribution in [-0.4, -0.2) is 25.7 Å². The van der Waals surface area contributed by atoms with Crippen molar-refractivity contribution in [2.45, 2.75) is 0 Å². The molecule has 1 N–H and O–H groups in total. The molecule has 2 aromatic heterocycles. The minimum atomic E-state index is -1.10. The van der Waals surface area contributed by atoms with Crippen LogP contribution in [0, 0.1) is 0 Å². The first-order chi connectivity index (χ1) is 6.61. The molecule has 0 unspecified atom stereocenters. The molecule has 2 rings (SSSR count). The summed E-state index contributed by atoms with van der Waals surface area (Å²) in [7, 11) is 0. The Morgan fingerprint density at radius 1 is 1.64 bits per heavy atom. The molecule has 0 saturated carbocycles. The van der Waals surface area contributed by atoms with Crippen molar-refractivity contribution in [3.63, 3.8) is 0 Å². The SMILES string of the molecule is O=C(O)c1c(Br)nn2ccnc(Cl)c12. The lowest BCUT2D eigenvalue weighted by Gasteiger charge is -1.94. The Kier molecular flexibility index (Phi) is 2.16. The first-order valence-corrected chi connectivity index (χ1v) is 4.70. The van der Waals surface area contributed by atoms with Crippen molar-refractivity contribution in [2.75, 3.05) is 0 Å². The van der Waals surface area contributed by atoms with E-state index in [4.69, 9.17) is 16.7 Å². The molecular formula is C7H3BrClN3O2. The van der Waals surface area contributed by atoms with Crippen LogP contribution in [0.15, 0.2) is 17.0 Å². The van der Waals surface area contributed by atoms with Crippen LogP contribution >= 0.6 is 27.5 Å². The van der Waals surface area contributed by atoms with Crippen LogP contribution in [0.5, 0.6) is 0 Å². The van der Waals surface area contributed by atoms with Gasteiger partial charge in [-0.1, -0.05) is 11.6 Å². The van der Waals surface area contributed by atoms with E-state index in [2.05, 4.69) is 26.0 Å². The van der Waals surface area contributed by atoms with Gasteiger partial charge in [-0.05, 0) is 15.9 Å². The van der Waals surface area contributed by atoms with Crippen LogP contribution in [0.25, 0.3) is 5.52 Å². The zero-order chi connectivity index (χ0) is 10.3. The van der Waals surface area contributed by atoms with Crippen LogP contribution in [-0.2, 0) is 0 Å². The monoisotopic (exact) mass is 275 g/mol. The summed E-state index contributed by atoms with van der Waals surface area (Å²) >= 11 is 8.81. The average molecular weight is 276 g/mol. The van der Waals surface area contributed by atoms with Crippen LogP contribution in [0.4, 0.5) is 0 Å². The number of rotatable bonds is 1. The van der Waals surface area contributed by atoms with Gasteiger partial charge in [0, 0.05) is 12.4 Å². The van der Waals surface area contributed by atoms with Gasteiger partial charge in [0.1, 0.15) is 15.7 Å². The molecule has 2 heterocycles. The van der Waals surface area contributed by atoms with E-state index in [1.165, 1.54) is 16.9 Å². The predicted molar refractivity (Wildman–Crippen MR) is 52.7 cm³/mol. The summed E-state index contributed by atoms with van der Waals surface area (Å²) in [4.78, 5) is 14.7. The highest BCUT2D eigenvalue weighted by molar-refractivity contribution is 9.10. The topological polar surface area (TPSA) is 67.5 Å². The van der Waals surface area contributed by atoms with Gasteiger partial charge in [0.25, 0.3) is 0 Å². The van der Waals surface area contributed by atoms with Crippen molar-refractivity contribution in [3.8, 4) is 0 Å². The number of carboxylic acids is 1. The zero-order valence-electron chi connectivity index (χ0n) is 6.61. The van der Waals surface area contributed by atoms with Crippen LogP contribution in [0.1, 0.15) is 10.4 Å². The first-order valence-electron chi connectivity index (χ1n) is 3.53. The van der Waals surface area contributed by atoms with Crippen molar-refractivity contribution in [1.29, 1.82) is 0 Å². The van der Waals surface area contributed by atoms with Gasteiger partial charge in [-0.15, -0.1) is 0 Å². The number of nitrogens with zero attached hydrogens (tertiary/aromatic N) is 3. The molecule has 0 spiro atoms. The molecule has 0 fully saturated rings. The van der Waals surface area contributed by atoms with E-state index >= 15 is 0 Å². The lowest BCUT2D eigenvalue weighted by Crippen LogP contribution is -1.97. The molecule has 0 atom stereocenters. The first kappa shape index (κ1) is 9.42. The minimum Gasteiger partial charge on any atom is -0.478 e. The van der Waals surface area contributed by atoms with Crippen molar-refractivity contribution < 1.29 is 9.90 Å². The standard InChI is InChI=1S/C7H3BrClN3O2/c8-5-3(7(13)14)4-6(9)10-1-2-12(4)11-5/h1-2H,(H,13,14). The third-order valence-electron chi connectivity index (χ3n) is 1.67. The molecule has 14 heavy (non-hydrogen) atoms. The van der Waals surface area contributed by atoms with Crippen LogP contribution in [0.2, 0.25) is 5.15 Å². The fourth-order valence-corrected chi connectivity index (χ4v) is 1.89. The van der Waals surface area contributed by atoms with E-state index in [0.717, 1.165) is 0 Å². The van der Waals surface area contributed by atoms with Crippen molar-refractivity contribution in [1.82, 2.24) is 14.6 Å². The lowest BCUT2D eigenvalue weighted by molar-refractivity contribution is 0.0698. The fraction of sp³-hybridized carbons (Fsp3) is 0. The second kappa shape index (κ2) is 3.21. The third-order valence-corrected chi connectivity index (χ3v) is 2.50. The summed E-state index contributed by atoms with van der Waals surface area (Å²) in [6.45, 7) is 0. The van der Waals surface area contributed by atoms with Gasteiger partial charge in [-0.25, -0.2) is 14.3 Å². The van der Waals surface area contributed by atoms with Crippen molar-refractivity contribution >= 4 is 39.0 Å². The Labute approximate surface area is 91.4 Å². The maximum absolute atomic E-state index is 10.9. The summed E-state index contributed by atoms with van der Waals surface area (Å²) in [6.07, 6.45) is 2.97. The number of carbonyl (C=O) groups is 1. The van der Waals surface area contributed by atoms with Gasteiger partial charge in [0.05, 0.1) is 0 Å². The molecule has 7 heteroatoms. The van der Waals surface area contributed by atoms with Crippen molar-refractivity contribution in [3.05, 3.63) is 27.7 Å². The van der Waals surface area contributed by atoms with E-state index in [1.807, 2.05) is 0 Å². The number of hydrogen-bond donors (Lipinski definition) is 1. The highest BCUT2D eigenvalue weighted by Gasteiger charge is 2.19. The Bertz CT molecular complexity index is 525. The van der Waals surface area contributed by atoms with Gasteiger partial charge in [-0.2, -0.15) is 5.10 Å². The Hall–Kier alpha value is -1.14. The second-order valence-corrected chi connectivity index (χ2v) is 3.59. The Balaban J connectivity index is 2.93. The van der Waals surface area contributed by atoms with E-state index in [9.17, 15) is 4.79 Å². The van der Waals surface area contributed by atoms with Gasteiger partial charge >= 0.3 is 5.97 Å². The largest absolute Gasteiger partial charge is 0.478 e. The Morgan fingerprint density at radius 2 is 2.36 bits per heavy atom. The van der Waals surface area contributed by atoms with E-state index in [-0.39, 0.29) is 20.8 Å². The second-order valence-electron chi connectivity index (χ2n) is 2.48. The molecule has 0 aliphatic rings. The summed E-state index contributed by atoms with van der Waals surface area (Å²) < 4.78 is 1.60. The highest BCUT2D eigenvalue weighted by Crippen LogP contribution is 2.25. The molecule has 0 aliphatic heterocycles. The van der Waals surface area contributed by atoms with Crippen LogP contribution < -0.4 is 0 Å². The number of hydrogen-bond acceptors (Lipinski definition) is 3. The van der Waals surface area contributed by atoms with Gasteiger partial charge in [0.2, 0.25) is 0 Å². The van der Waals surface area contributed by atoms with Gasteiger partial charge in [-0.3, -0.25) is 0 Å². The van der Waals surface area contributed by atoms with Crippen molar-refractivity contribution in [2.24, 2.45) is 0 Å². The summed E-state index contributed by atoms with van der Waals surface area (Å²) in [5, 5.41) is 12.9. The molecule has 0 bridgehead atoms. The number of halogens is 2. The van der Waals surface area contributed by atoms with E-state index < -0.39 is 5.97 Å². The molecular weight excluding hydrogens is 273 g/mol. The fourth-order valence-electron chi connectivity index (χ4n) is 1.12. The smallest absolute Gasteiger partial charge is 0.340 e. The number of aromatic nitrogens is 3. The summed E-state index contributed by atoms with van der Waals surface area (Å²) in [5.74, 6) is -1.10. The average Bonchev–Trinajstić information content (AvgIpc) is 2.42. The van der Waals surface area contributed by atoms with Gasteiger partial charge in [0.15, 0.2) is 5.15 Å². The zero-order valence-corrected chi connectivity index (χ0v) is 8.95. The molecule has 2 aromatic rings. The van der Waals surface area contributed by atoms with Crippen LogP contribution in [0.3, 0.4) is 0 Å². The number of fused-ring (bicyclic) bond motifs is 1. The lowest BCUT2D eigenvalue weighted by atomic mass is 10.3. The molecule has 5 nitrogen and oxygen atoms in total. The molecule has 0 aliphatic carbocycles. The Morgan fingerprint density at radius 3 is 3.00 bits per heavy atom. The molecule has 72 valence electrons. The maximum Gasteiger partial charge on any atom is 0.340 e. The molecule has 0 saturated heterocycles. The number of aromatic carboxylic acids is 1. The normalized spacial score (nSPS) is 10.7. The summed E-state index contributed by atoms with van der Waals surface area (Å²) in [6, 6.07) is 0. The third kappa shape index (κ3) is 1.27. The summed E-state index contributed by atoms with van der Waals surface area (Å²) in [5.41, 5.74) is 0.302. The molecule has 0 radical (unpaired) electrons.